The quantitative estimate of drug-likeness (QED) is 0.866. The summed E-state index contributed by atoms with van der Waals surface area (Å²) >= 11 is 7.73. The largest absolute Gasteiger partial charge is 0.377 e. The van der Waals surface area contributed by atoms with Crippen molar-refractivity contribution in [2.24, 2.45) is 0 Å². The third-order valence-corrected chi connectivity index (χ3v) is 4.84. The van der Waals surface area contributed by atoms with Gasteiger partial charge in [0.2, 0.25) is 0 Å². The molecule has 1 aromatic heterocycles. The number of thiazole rings is 1. The van der Waals surface area contributed by atoms with Gasteiger partial charge in [-0.2, -0.15) is 0 Å². The SMILES string of the molecule is CN(C)C1(Cc2nc3cc(Cl)ccc3s2)COC1. The summed E-state index contributed by atoms with van der Waals surface area (Å²) in [5.41, 5.74) is 1.12. The zero-order chi connectivity index (χ0) is 12.8. The molecule has 0 radical (unpaired) electrons. The molecule has 0 amide bonds. The molecule has 96 valence electrons. The Labute approximate surface area is 115 Å². The summed E-state index contributed by atoms with van der Waals surface area (Å²) in [6.45, 7) is 1.58. The van der Waals surface area contributed by atoms with E-state index in [-0.39, 0.29) is 5.54 Å². The van der Waals surface area contributed by atoms with Gasteiger partial charge in [0, 0.05) is 11.4 Å². The number of hydrogen-bond acceptors (Lipinski definition) is 4. The second kappa shape index (κ2) is 4.46. The van der Waals surface area contributed by atoms with Crippen molar-refractivity contribution in [1.82, 2.24) is 9.88 Å². The number of fused-ring (bicyclic) bond motifs is 1. The molecule has 5 heteroatoms. The second-order valence-electron chi connectivity index (χ2n) is 5.01. The maximum absolute atomic E-state index is 5.99. The lowest BCUT2D eigenvalue weighted by molar-refractivity contribution is -0.124. The molecule has 2 heterocycles. The number of halogens is 1. The predicted octanol–water partition coefficient (Wildman–Crippen LogP) is 2.82. The molecule has 1 aliphatic rings. The average Bonchev–Trinajstić information content (AvgIpc) is 2.64. The summed E-state index contributed by atoms with van der Waals surface area (Å²) < 4.78 is 6.58. The van der Waals surface area contributed by atoms with E-state index >= 15 is 0 Å². The molecule has 18 heavy (non-hydrogen) atoms. The second-order valence-corrected chi connectivity index (χ2v) is 6.56. The van der Waals surface area contributed by atoms with E-state index < -0.39 is 0 Å². The maximum atomic E-state index is 5.99. The summed E-state index contributed by atoms with van der Waals surface area (Å²) in [5.74, 6) is 0. The van der Waals surface area contributed by atoms with Crippen molar-refractivity contribution >= 4 is 33.2 Å². The van der Waals surface area contributed by atoms with Crippen LogP contribution >= 0.6 is 22.9 Å². The monoisotopic (exact) mass is 282 g/mol. The first-order chi connectivity index (χ1) is 8.59. The van der Waals surface area contributed by atoms with E-state index in [9.17, 15) is 0 Å². The minimum absolute atomic E-state index is 0.123. The van der Waals surface area contributed by atoms with Gasteiger partial charge in [-0.05, 0) is 32.3 Å². The fourth-order valence-corrected chi connectivity index (χ4v) is 3.41. The first kappa shape index (κ1) is 12.4. The summed E-state index contributed by atoms with van der Waals surface area (Å²) in [6.07, 6.45) is 0.941. The first-order valence-electron chi connectivity index (χ1n) is 5.89. The van der Waals surface area contributed by atoms with E-state index in [4.69, 9.17) is 16.3 Å². The minimum Gasteiger partial charge on any atom is -0.377 e. The van der Waals surface area contributed by atoms with Crippen LogP contribution in [-0.2, 0) is 11.2 Å². The van der Waals surface area contributed by atoms with Crippen LogP contribution in [0.2, 0.25) is 5.02 Å². The summed E-state index contributed by atoms with van der Waals surface area (Å²) in [7, 11) is 4.21. The Morgan fingerprint density at radius 3 is 2.83 bits per heavy atom. The van der Waals surface area contributed by atoms with Gasteiger partial charge < -0.3 is 4.74 Å². The lowest BCUT2D eigenvalue weighted by Crippen LogP contribution is -2.61. The van der Waals surface area contributed by atoms with Crippen molar-refractivity contribution in [3.05, 3.63) is 28.2 Å². The van der Waals surface area contributed by atoms with Crippen LogP contribution in [0.5, 0.6) is 0 Å². The lowest BCUT2D eigenvalue weighted by Gasteiger charge is -2.46. The number of hydrogen-bond donors (Lipinski definition) is 0. The van der Waals surface area contributed by atoms with Gasteiger partial charge in [-0.15, -0.1) is 11.3 Å². The zero-order valence-electron chi connectivity index (χ0n) is 10.4. The highest BCUT2D eigenvalue weighted by atomic mass is 35.5. The van der Waals surface area contributed by atoms with Gasteiger partial charge in [0.25, 0.3) is 0 Å². The predicted molar refractivity (Wildman–Crippen MR) is 75.6 cm³/mol. The highest BCUT2D eigenvalue weighted by molar-refractivity contribution is 7.18. The molecule has 0 spiro atoms. The zero-order valence-corrected chi connectivity index (χ0v) is 12.0. The van der Waals surface area contributed by atoms with Gasteiger partial charge in [-0.3, -0.25) is 4.90 Å². The maximum Gasteiger partial charge on any atom is 0.0958 e. The molecule has 0 unspecified atom stereocenters. The van der Waals surface area contributed by atoms with Gasteiger partial charge in [0.1, 0.15) is 0 Å². The van der Waals surface area contributed by atoms with Gasteiger partial charge in [-0.25, -0.2) is 4.98 Å². The molecule has 0 atom stereocenters. The molecule has 2 aromatic rings. The Morgan fingerprint density at radius 1 is 1.44 bits per heavy atom. The average molecular weight is 283 g/mol. The Morgan fingerprint density at radius 2 is 2.22 bits per heavy atom. The van der Waals surface area contributed by atoms with Crippen molar-refractivity contribution in [3.8, 4) is 0 Å². The van der Waals surface area contributed by atoms with Crippen LogP contribution in [0, 0.1) is 0 Å². The topological polar surface area (TPSA) is 25.4 Å². The van der Waals surface area contributed by atoms with E-state index in [0.29, 0.717) is 0 Å². The van der Waals surface area contributed by atoms with E-state index in [1.165, 1.54) is 4.70 Å². The van der Waals surface area contributed by atoms with Crippen LogP contribution in [0.4, 0.5) is 0 Å². The van der Waals surface area contributed by atoms with Crippen LogP contribution in [0.25, 0.3) is 10.2 Å². The molecule has 1 saturated heterocycles. The van der Waals surface area contributed by atoms with E-state index in [0.717, 1.165) is 35.2 Å². The molecule has 1 aliphatic heterocycles. The number of benzene rings is 1. The number of nitrogens with zero attached hydrogens (tertiary/aromatic N) is 2. The molecule has 0 N–H and O–H groups in total. The minimum atomic E-state index is 0.123. The summed E-state index contributed by atoms with van der Waals surface area (Å²) in [5, 5.41) is 1.90. The summed E-state index contributed by atoms with van der Waals surface area (Å²) in [4.78, 5) is 6.92. The van der Waals surface area contributed by atoms with Crippen molar-refractivity contribution in [2.45, 2.75) is 12.0 Å². The number of aromatic nitrogens is 1. The van der Waals surface area contributed by atoms with E-state index in [1.54, 1.807) is 11.3 Å². The summed E-state index contributed by atoms with van der Waals surface area (Å²) in [6, 6.07) is 5.88. The molecule has 1 aromatic carbocycles. The van der Waals surface area contributed by atoms with Crippen LogP contribution in [0.15, 0.2) is 18.2 Å². The molecule has 0 saturated carbocycles. The molecule has 1 fully saturated rings. The van der Waals surface area contributed by atoms with E-state index in [2.05, 4.69) is 24.0 Å². The number of rotatable bonds is 3. The Balaban J connectivity index is 1.91. The smallest absolute Gasteiger partial charge is 0.0958 e. The van der Waals surface area contributed by atoms with Crippen molar-refractivity contribution in [2.75, 3.05) is 27.3 Å². The fraction of sp³-hybridized carbons (Fsp3) is 0.462. The molecule has 3 rings (SSSR count). The Bertz CT molecular complexity index is 577. The third-order valence-electron chi connectivity index (χ3n) is 3.56. The number of likely N-dealkylation sites (N-methyl/N-ethyl adjacent to an activating group) is 1. The Kier molecular flexibility index (Phi) is 3.06. The van der Waals surface area contributed by atoms with Crippen LogP contribution < -0.4 is 0 Å². The molecular formula is C13H15ClN2OS. The van der Waals surface area contributed by atoms with Crippen molar-refractivity contribution in [3.63, 3.8) is 0 Å². The Hall–Kier alpha value is -0.680. The normalized spacial score (nSPS) is 18.2. The van der Waals surface area contributed by atoms with E-state index in [1.807, 2.05) is 18.2 Å². The highest BCUT2D eigenvalue weighted by Crippen LogP contribution is 2.31. The third kappa shape index (κ3) is 2.03. The first-order valence-corrected chi connectivity index (χ1v) is 7.09. The van der Waals surface area contributed by atoms with Gasteiger partial charge >= 0.3 is 0 Å². The van der Waals surface area contributed by atoms with Crippen LogP contribution in [0.3, 0.4) is 0 Å². The van der Waals surface area contributed by atoms with Gasteiger partial charge in [0.05, 0.1) is 34.0 Å². The molecule has 3 nitrogen and oxygen atoms in total. The highest BCUT2D eigenvalue weighted by Gasteiger charge is 2.41. The molecule has 0 bridgehead atoms. The lowest BCUT2D eigenvalue weighted by atomic mass is 9.92. The molecule has 0 aliphatic carbocycles. The fourth-order valence-electron chi connectivity index (χ4n) is 2.16. The van der Waals surface area contributed by atoms with Crippen molar-refractivity contribution in [1.29, 1.82) is 0 Å². The number of ether oxygens (including phenoxy) is 1. The van der Waals surface area contributed by atoms with Crippen LogP contribution in [0.1, 0.15) is 5.01 Å². The standard InChI is InChI=1S/C13H15ClN2OS/c1-16(2)13(7-17-8-13)6-12-15-10-5-9(14)3-4-11(10)18-12/h3-5H,6-8H2,1-2H3. The van der Waals surface area contributed by atoms with Crippen LogP contribution in [-0.4, -0.2) is 42.7 Å². The molecular weight excluding hydrogens is 268 g/mol. The van der Waals surface area contributed by atoms with Crippen molar-refractivity contribution < 1.29 is 4.74 Å². The van der Waals surface area contributed by atoms with Gasteiger partial charge in [-0.1, -0.05) is 11.6 Å². The van der Waals surface area contributed by atoms with Gasteiger partial charge in [0.15, 0.2) is 0 Å².